The van der Waals surface area contributed by atoms with Gasteiger partial charge in [0.15, 0.2) is 5.78 Å². The van der Waals surface area contributed by atoms with Gasteiger partial charge in [0.2, 0.25) is 0 Å². The van der Waals surface area contributed by atoms with E-state index in [1.807, 2.05) is 7.05 Å². The van der Waals surface area contributed by atoms with E-state index in [9.17, 15) is 4.79 Å². The van der Waals surface area contributed by atoms with E-state index in [4.69, 9.17) is 11.6 Å². The largest absolute Gasteiger partial charge is 0.296 e. The van der Waals surface area contributed by atoms with E-state index in [-0.39, 0.29) is 5.78 Å². The highest BCUT2D eigenvalue weighted by Crippen LogP contribution is 2.22. The number of carbonyl (C=O) groups excluding carboxylic acids is 1. The molecular formula is C12H18ClNOS. The van der Waals surface area contributed by atoms with Gasteiger partial charge in [0, 0.05) is 6.04 Å². The van der Waals surface area contributed by atoms with Gasteiger partial charge < -0.3 is 0 Å². The molecule has 0 aliphatic rings. The van der Waals surface area contributed by atoms with E-state index in [0.29, 0.717) is 22.8 Å². The first-order valence-electron chi connectivity index (χ1n) is 5.40. The molecule has 0 spiro atoms. The smallest absolute Gasteiger partial charge is 0.186 e. The van der Waals surface area contributed by atoms with Crippen molar-refractivity contribution >= 4 is 28.7 Å². The standard InChI is InChI=1S/C12H18ClNOS/c1-8(2)9(3)14(4)7-10(15)11-5-6-12(13)16-11/h5-6,8-9H,7H2,1-4H3. The van der Waals surface area contributed by atoms with E-state index >= 15 is 0 Å². The quantitative estimate of drug-likeness (QED) is 0.754. The molecule has 1 aromatic rings. The number of rotatable bonds is 5. The van der Waals surface area contributed by atoms with Gasteiger partial charge in [-0.2, -0.15) is 0 Å². The van der Waals surface area contributed by atoms with Crippen LogP contribution in [0.5, 0.6) is 0 Å². The Bertz CT molecular complexity index is 362. The van der Waals surface area contributed by atoms with E-state index in [1.165, 1.54) is 11.3 Å². The molecule has 0 saturated heterocycles. The number of thiophene rings is 1. The van der Waals surface area contributed by atoms with Gasteiger partial charge in [-0.15, -0.1) is 11.3 Å². The minimum atomic E-state index is 0.145. The highest BCUT2D eigenvalue weighted by atomic mass is 35.5. The minimum Gasteiger partial charge on any atom is -0.296 e. The Morgan fingerprint density at radius 1 is 1.44 bits per heavy atom. The molecule has 1 unspecified atom stereocenters. The van der Waals surface area contributed by atoms with Crippen LogP contribution in [0.3, 0.4) is 0 Å². The van der Waals surface area contributed by atoms with Crippen molar-refractivity contribution in [1.29, 1.82) is 0 Å². The molecule has 1 aromatic heterocycles. The summed E-state index contributed by atoms with van der Waals surface area (Å²) in [6.07, 6.45) is 0. The summed E-state index contributed by atoms with van der Waals surface area (Å²) in [5.74, 6) is 0.691. The summed E-state index contributed by atoms with van der Waals surface area (Å²) in [6, 6.07) is 3.97. The molecule has 0 aliphatic carbocycles. The van der Waals surface area contributed by atoms with E-state index < -0.39 is 0 Å². The molecular weight excluding hydrogens is 242 g/mol. The number of Topliss-reactive ketones (excluding diaryl/α,β-unsaturated/α-hetero) is 1. The van der Waals surface area contributed by atoms with Gasteiger partial charge in [-0.3, -0.25) is 9.69 Å². The van der Waals surface area contributed by atoms with Crippen LogP contribution in [0.2, 0.25) is 4.34 Å². The van der Waals surface area contributed by atoms with Crippen LogP contribution in [0.4, 0.5) is 0 Å². The maximum Gasteiger partial charge on any atom is 0.186 e. The Kier molecular flexibility index (Phi) is 4.96. The Balaban J connectivity index is 2.58. The second-order valence-electron chi connectivity index (χ2n) is 4.43. The fourth-order valence-electron chi connectivity index (χ4n) is 1.42. The summed E-state index contributed by atoms with van der Waals surface area (Å²) < 4.78 is 0.669. The molecule has 16 heavy (non-hydrogen) atoms. The van der Waals surface area contributed by atoms with E-state index in [0.717, 1.165) is 4.88 Å². The first kappa shape index (κ1) is 13.7. The molecule has 0 fully saturated rings. The van der Waals surface area contributed by atoms with Gasteiger partial charge in [0.05, 0.1) is 15.8 Å². The molecule has 0 N–H and O–H groups in total. The molecule has 90 valence electrons. The van der Waals surface area contributed by atoms with Gasteiger partial charge in [0.25, 0.3) is 0 Å². The molecule has 0 bridgehead atoms. The summed E-state index contributed by atoms with van der Waals surface area (Å²) in [7, 11) is 1.98. The lowest BCUT2D eigenvalue weighted by molar-refractivity contribution is 0.0911. The highest BCUT2D eigenvalue weighted by Gasteiger charge is 2.17. The lowest BCUT2D eigenvalue weighted by Gasteiger charge is -2.26. The van der Waals surface area contributed by atoms with Crippen LogP contribution < -0.4 is 0 Å². The summed E-state index contributed by atoms with van der Waals surface area (Å²) >= 11 is 7.15. The molecule has 2 nitrogen and oxygen atoms in total. The van der Waals surface area contributed by atoms with E-state index in [2.05, 4.69) is 25.7 Å². The van der Waals surface area contributed by atoms with Crippen LogP contribution in [0.1, 0.15) is 30.4 Å². The van der Waals surface area contributed by atoms with Crippen molar-refractivity contribution in [3.63, 3.8) is 0 Å². The number of nitrogens with zero attached hydrogens (tertiary/aromatic N) is 1. The topological polar surface area (TPSA) is 20.3 Å². The van der Waals surface area contributed by atoms with Gasteiger partial charge in [-0.1, -0.05) is 25.4 Å². The maximum absolute atomic E-state index is 11.9. The molecule has 1 atom stereocenters. The lowest BCUT2D eigenvalue weighted by Crippen LogP contribution is -2.36. The summed E-state index contributed by atoms with van der Waals surface area (Å²) in [4.78, 5) is 14.7. The van der Waals surface area contributed by atoms with Crippen molar-refractivity contribution in [2.45, 2.75) is 26.8 Å². The zero-order valence-corrected chi connectivity index (χ0v) is 11.7. The third kappa shape index (κ3) is 3.58. The number of halogens is 1. The second kappa shape index (κ2) is 5.80. The Labute approximate surface area is 106 Å². The molecule has 1 rings (SSSR count). The number of carbonyl (C=O) groups is 1. The number of hydrogen-bond acceptors (Lipinski definition) is 3. The molecule has 0 saturated carbocycles. The summed E-state index contributed by atoms with van der Waals surface area (Å²) in [6.45, 7) is 6.91. The molecule has 0 amide bonds. The van der Waals surface area contributed by atoms with Gasteiger partial charge in [-0.05, 0) is 32.0 Å². The normalized spacial score (nSPS) is 13.4. The highest BCUT2D eigenvalue weighted by molar-refractivity contribution is 7.18. The number of likely N-dealkylation sites (N-methyl/N-ethyl adjacent to an activating group) is 1. The van der Waals surface area contributed by atoms with E-state index in [1.54, 1.807) is 12.1 Å². The zero-order valence-electron chi connectivity index (χ0n) is 10.2. The number of ketones is 1. The third-order valence-corrected chi connectivity index (χ3v) is 4.17. The van der Waals surface area contributed by atoms with Crippen molar-refractivity contribution in [3.05, 3.63) is 21.3 Å². The third-order valence-electron chi connectivity index (χ3n) is 2.90. The fourth-order valence-corrected chi connectivity index (χ4v) is 2.39. The van der Waals surface area contributed by atoms with Crippen LogP contribution in [0.25, 0.3) is 0 Å². The summed E-state index contributed by atoms with van der Waals surface area (Å²) in [5, 5.41) is 0. The molecule has 4 heteroatoms. The predicted molar refractivity (Wildman–Crippen MR) is 70.6 cm³/mol. The van der Waals surface area contributed by atoms with Gasteiger partial charge in [0.1, 0.15) is 0 Å². The molecule has 0 radical (unpaired) electrons. The monoisotopic (exact) mass is 259 g/mol. The predicted octanol–water partition coefficient (Wildman–Crippen LogP) is 3.56. The molecule has 1 heterocycles. The molecule has 0 aliphatic heterocycles. The van der Waals surface area contributed by atoms with Crippen LogP contribution >= 0.6 is 22.9 Å². The Morgan fingerprint density at radius 2 is 2.06 bits per heavy atom. The number of hydrogen-bond donors (Lipinski definition) is 0. The first-order valence-corrected chi connectivity index (χ1v) is 6.60. The maximum atomic E-state index is 11.9. The van der Waals surface area contributed by atoms with Crippen molar-refractivity contribution in [2.75, 3.05) is 13.6 Å². The second-order valence-corrected chi connectivity index (χ2v) is 6.14. The average molecular weight is 260 g/mol. The van der Waals surface area contributed by atoms with Crippen molar-refractivity contribution in [1.82, 2.24) is 4.90 Å². The Hall–Kier alpha value is -0.380. The summed E-state index contributed by atoms with van der Waals surface area (Å²) in [5.41, 5.74) is 0. The lowest BCUT2D eigenvalue weighted by atomic mass is 10.1. The van der Waals surface area contributed by atoms with Crippen LogP contribution in [-0.4, -0.2) is 30.3 Å². The minimum absolute atomic E-state index is 0.145. The van der Waals surface area contributed by atoms with Gasteiger partial charge in [-0.25, -0.2) is 0 Å². The Morgan fingerprint density at radius 3 is 2.50 bits per heavy atom. The fraction of sp³-hybridized carbons (Fsp3) is 0.583. The van der Waals surface area contributed by atoms with Crippen molar-refractivity contribution < 1.29 is 4.79 Å². The average Bonchev–Trinajstić information content (AvgIpc) is 2.63. The van der Waals surface area contributed by atoms with Crippen molar-refractivity contribution in [2.24, 2.45) is 5.92 Å². The van der Waals surface area contributed by atoms with Crippen LogP contribution in [0, 0.1) is 5.92 Å². The SMILES string of the molecule is CC(C)C(C)N(C)CC(=O)c1ccc(Cl)s1. The van der Waals surface area contributed by atoms with Crippen LogP contribution in [-0.2, 0) is 0 Å². The molecule has 0 aromatic carbocycles. The first-order chi connectivity index (χ1) is 7.41. The van der Waals surface area contributed by atoms with Crippen LogP contribution in [0.15, 0.2) is 12.1 Å². The van der Waals surface area contributed by atoms with Gasteiger partial charge >= 0.3 is 0 Å². The zero-order chi connectivity index (χ0) is 12.3. The van der Waals surface area contributed by atoms with Crippen molar-refractivity contribution in [3.8, 4) is 0 Å².